The zero-order valence-electron chi connectivity index (χ0n) is 10.5. The molecule has 1 heterocycles. The first-order valence-electron chi connectivity index (χ1n) is 6.06. The summed E-state index contributed by atoms with van der Waals surface area (Å²) in [5.74, 6) is 0. The second-order valence-corrected chi connectivity index (χ2v) is 4.48. The molecule has 3 heteroatoms. The van der Waals surface area contributed by atoms with Gasteiger partial charge in [-0.1, -0.05) is 30.3 Å². The number of benzene rings is 1. The number of rotatable bonds is 5. The van der Waals surface area contributed by atoms with E-state index in [1.54, 1.807) is 12.4 Å². The Hall–Kier alpha value is -1.71. The SMILES string of the molecule is CN(Cc1ccncc1)CC(O)c1ccccc1. The van der Waals surface area contributed by atoms with Crippen LogP contribution in [0, 0.1) is 0 Å². The molecule has 0 radical (unpaired) electrons. The molecule has 1 aromatic carbocycles. The van der Waals surface area contributed by atoms with Gasteiger partial charge in [0.25, 0.3) is 0 Å². The maximum atomic E-state index is 10.1. The summed E-state index contributed by atoms with van der Waals surface area (Å²) in [4.78, 5) is 6.10. The molecule has 0 aliphatic rings. The Morgan fingerprint density at radius 2 is 1.78 bits per heavy atom. The third kappa shape index (κ3) is 3.65. The lowest BCUT2D eigenvalue weighted by Crippen LogP contribution is -2.24. The molecule has 0 saturated carbocycles. The fourth-order valence-electron chi connectivity index (χ4n) is 1.94. The standard InChI is InChI=1S/C15H18N2O/c1-17(11-13-7-9-16-10-8-13)12-15(18)14-5-3-2-4-6-14/h2-10,15,18H,11-12H2,1H3. The molecule has 1 atom stereocenters. The fourth-order valence-corrected chi connectivity index (χ4v) is 1.94. The quantitative estimate of drug-likeness (QED) is 0.873. The minimum Gasteiger partial charge on any atom is -0.387 e. The Balaban J connectivity index is 1.90. The molecular weight excluding hydrogens is 224 g/mol. The highest BCUT2D eigenvalue weighted by Crippen LogP contribution is 2.14. The van der Waals surface area contributed by atoms with E-state index < -0.39 is 6.10 Å². The Morgan fingerprint density at radius 1 is 1.11 bits per heavy atom. The van der Waals surface area contributed by atoms with Crippen LogP contribution in [0.4, 0.5) is 0 Å². The molecule has 94 valence electrons. The molecule has 0 saturated heterocycles. The van der Waals surface area contributed by atoms with Gasteiger partial charge in [0.2, 0.25) is 0 Å². The van der Waals surface area contributed by atoms with E-state index in [9.17, 15) is 5.11 Å². The van der Waals surface area contributed by atoms with Gasteiger partial charge in [0.05, 0.1) is 6.10 Å². The number of likely N-dealkylation sites (N-methyl/N-ethyl adjacent to an activating group) is 1. The summed E-state index contributed by atoms with van der Waals surface area (Å²) < 4.78 is 0. The number of aliphatic hydroxyl groups excluding tert-OH is 1. The van der Waals surface area contributed by atoms with Crippen molar-refractivity contribution in [2.45, 2.75) is 12.6 Å². The van der Waals surface area contributed by atoms with Crippen molar-refractivity contribution in [1.82, 2.24) is 9.88 Å². The van der Waals surface area contributed by atoms with E-state index in [-0.39, 0.29) is 0 Å². The number of pyridine rings is 1. The van der Waals surface area contributed by atoms with Gasteiger partial charge in [0, 0.05) is 25.5 Å². The highest BCUT2D eigenvalue weighted by molar-refractivity contribution is 5.17. The van der Waals surface area contributed by atoms with Crippen molar-refractivity contribution in [2.24, 2.45) is 0 Å². The smallest absolute Gasteiger partial charge is 0.0916 e. The first-order chi connectivity index (χ1) is 8.75. The Kier molecular flexibility index (Phi) is 4.45. The van der Waals surface area contributed by atoms with E-state index in [2.05, 4.69) is 9.88 Å². The van der Waals surface area contributed by atoms with Crippen molar-refractivity contribution in [3.05, 3.63) is 66.0 Å². The number of aliphatic hydroxyl groups is 1. The van der Waals surface area contributed by atoms with Crippen LogP contribution in [0.3, 0.4) is 0 Å². The van der Waals surface area contributed by atoms with Crippen LogP contribution in [-0.2, 0) is 6.54 Å². The molecule has 0 aliphatic carbocycles. The van der Waals surface area contributed by atoms with Crippen molar-refractivity contribution >= 4 is 0 Å². The summed E-state index contributed by atoms with van der Waals surface area (Å²) in [6, 6.07) is 13.7. The van der Waals surface area contributed by atoms with Gasteiger partial charge in [-0.05, 0) is 30.3 Å². The second kappa shape index (κ2) is 6.28. The predicted octanol–water partition coefficient (Wildman–Crippen LogP) is 2.25. The molecule has 2 aromatic rings. The monoisotopic (exact) mass is 242 g/mol. The zero-order valence-corrected chi connectivity index (χ0v) is 10.5. The van der Waals surface area contributed by atoms with Crippen LogP contribution in [0.15, 0.2) is 54.9 Å². The van der Waals surface area contributed by atoms with Crippen LogP contribution in [-0.4, -0.2) is 28.6 Å². The average molecular weight is 242 g/mol. The van der Waals surface area contributed by atoms with Crippen molar-refractivity contribution < 1.29 is 5.11 Å². The first kappa shape index (κ1) is 12.7. The highest BCUT2D eigenvalue weighted by Gasteiger charge is 2.10. The minimum absolute atomic E-state index is 0.446. The number of aromatic nitrogens is 1. The molecule has 0 fully saturated rings. The Labute approximate surface area is 108 Å². The van der Waals surface area contributed by atoms with Gasteiger partial charge in [-0.25, -0.2) is 0 Å². The van der Waals surface area contributed by atoms with E-state index in [4.69, 9.17) is 0 Å². The molecule has 1 unspecified atom stereocenters. The summed E-state index contributed by atoms with van der Waals surface area (Å²) in [7, 11) is 2.01. The third-order valence-electron chi connectivity index (χ3n) is 2.87. The zero-order chi connectivity index (χ0) is 12.8. The number of nitrogens with zero attached hydrogens (tertiary/aromatic N) is 2. The molecule has 2 rings (SSSR count). The van der Waals surface area contributed by atoms with Crippen LogP contribution in [0.1, 0.15) is 17.2 Å². The van der Waals surface area contributed by atoms with Crippen LogP contribution in [0.5, 0.6) is 0 Å². The minimum atomic E-state index is -0.446. The van der Waals surface area contributed by atoms with Gasteiger partial charge in [-0.3, -0.25) is 9.88 Å². The van der Waals surface area contributed by atoms with E-state index in [0.717, 1.165) is 12.1 Å². The van der Waals surface area contributed by atoms with Gasteiger partial charge in [-0.2, -0.15) is 0 Å². The van der Waals surface area contributed by atoms with Crippen molar-refractivity contribution in [2.75, 3.05) is 13.6 Å². The molecule has 3 nitrogen and oxygen atoms in total. The average Bonchev–Trinajstić information content (AvgIpc) is 2.40. The largest absolute Gasteiger partial charge is 0.387 e. The topological polar surface area (TPSA) is 36.4 Å². The molecular formula is C15H18N2O. The van der Waals surface area contributed by atoms with E-state index in [1.165, 1.54) is 5.56 Å². The molecule has 0 spiro atoms. The first-order valence-corrected chi connectivity index (χ1v) is 6.06. The van der Waals surface area contributed by atoms with Crippen LogP contribution < -0.4 is 0 Å². The number of hydrogen-bond donors (Lipinski definition) is 1. The third-order valence-corrected chi connectivity index (χ3v) is 2.87. The van der Waals surface area contributed by atoms with Crippen LogP contribution >= 0.6 is 0 Å². The summed E-state index contributed by atoms with van der Waals surface area (Å²) in [6.07, 6.45) is 3.13. The lowest BCUT2D eigenvalue weighted by molar-refractivity contribution is 0.124. The van der Waals surface area contributed by atoms with Crippen molar-refractivity contribution in [1.29, 1.82) is 0 Å². The lowest BCUT2D eigenvalue weighted by Gasteiger charge is -2.20. The second-order valence-electron chi connectivity index (χ2n) is 4.48. The molecule has 0 amide bonds. The van der Waals surface area contributed by atoms with E-state index >= 15 is 0 Å². The van der Waals surface area contributed by atoms with Crippen molar-refractivity contribution in [3.63, 3.8) is 0 Å². The fraction of sp³-hybridized carbons (Fsp3) is 0.267. The Morgan fingerprint density at radius 3 is 2.44 bits per heavy atom. The maximum Gasteiger partial charge on any atom is 0.0916 e. The predicted molar refractivity (Wildman–Crippen MR) is 72.0 cm³/mol. The Bertz CT molecular complexity index is 458. The lowest BCUT2D eigenvalue weighted by atomic mass is 10.1. The molecule has 1 N–H and O–H groups in total. The highest BCUT2D eigenvalue weighted by atomic mass is 16.3. The van der Waals surface area contributed by atoms with Crippen molar-refractivity contribution in [3.8, 4) is 0 Å². The normalized spacial score (nSPS) is 12.6. The van der Waals surface area contributed by atoms with E-state index in [1.807, 2.05) is 49.5 Å². The van der Waals surface area contributed by atoms with Gasteiger partial charge in [-0.15, -0.1) is 0 Å². The summed E-state index contributed by atoms with van der Waals surface area (Å²) in [5.41, 5.74) is 2.16. The van der Waals surface area contributed by atoms with Crippen LogP contribution in [0.25, 0.3) is 0 Å². The number of hydrogen-bond acceptors (Lipinski definition) is 3. The van der Waals surface area contributed by atoms with E-state index in [0.29, 0.717) is 6.54 Å². The molecule has 18 heavy (non-hydrogen) atoms. The summed E-state index contributed by atoms with van der Waals surface area (Å²) in [6.45, 7) is 1.43. The molecule has 0 aliphatic heterocycles. The summed E-state index contributed by atoms with van der Waals surface area (Å²) in [5, 5.41) is 10.1. The van der Waals surface area contributed by atoms with Crippen LogP contribution in [0.2, 0.25) is 0 Å². The maximum absolute atomic E-state index is 10.1. The molecule has 0 bridgehead atoms. The molecule has 1 aromatic heterocycles. The van der Waals surface area contributed by atoms with Gasteiger partial charge < -0.3 is 5.11 Å². The van der Waals surface area contributed by atoms with Gasteiger partial charge in [0.15, 0.2) is 0 Å². The summed E-state index contributed by atoms with van der Waals surface area (Å²) >= 11 is 0. The van der Waals surface area contributed by atoms with Gasteiger partial charge >= 0.3 is 0 Å². The van der Waals surface area contributed by atoms with Gasteiger partial charge in [0.1, 0.15) is 0 Å².